The zero-order chi connectivity index (χ0) is 14.2. The quantitative estimate of drug-likeness (QED) is 0.798. The van der Waals surface area contributed by atoms with Gasteiger partial charge >= 0.3 is 6.18 Å². The number of hydrogen-bond donors (Lipinski definition) is 1. The van der Waals surface area contributed by atoms with Crippen molar-refractivity contribution in [3.05, 3.63) is 35.1 Å². The Labute approximate surface area is 107 Å². The van der Waals surface area contributed by atoms with Crippen molar-refractivity contribution in [1.29, 1.82) is 0 Å². The smallest absolute Gasteiger partial charge is 0.337 e. The molecule has 7 heteroatoms. The van der Waals surface area contributed by atoms with E-state index in [1.165, 1.54) is 4.90 Å². The molecule has 1 saturated heterocycles. The second-order valence-electron chi connectivity index (χ2n) is 4.49. The van der Waals surface area contributed by atoms with Crippen molar-refractivity contribution >= 4 is 5.91 Å². The van der Waals surface area contributed by atoms with Gasteiger partial charge in [-0.05, 0) is 24.6 Å². The lowest BCUT2D eigenvalue weighted by Crippen LogP contribution is -2.32. The summed E-state index contributed by atoms with van der Waals surface area (Å²) >= 11 is 0. The van der Waals surface area contributed by atoms with E-state index in [1.807, 2.05) is 0 Å². The summed E-state index contributed by atoms with van der Waals surface area (Å²) in [7, 11) is 0. The summed E-state index contributed by atoms with van der Waals surface area (Å²) in [6.45, 7) is 0.705. The highest BCUT2D eigenvalue weighted by molar-refractivity contribution is 5.94. The molecule has 1 aliphatic rings. The molecule has 1 aliphatic heterocycles. The van der Waals surface area contributed by atoms with Crippen molar-refractivity contribution in [2.45, 2.75) is 18.6 Å². The van der Waals surface area contributed by atoms with Crippen LogP contribution < -0.4 is 5.73 Å². The SMILES string of the molecule is N[C@H]1CCN(C(=O)c2ccc(F)c(C(F)(F)F)c2)C1. The van der Waals surface area contributed by atoms with Gasteiger partial charge in [-0.2, -0.15) is 13.2 Å². The largest absolute Gasteiger partial charge is 0.419 e. The predicted octanol–water partition coefficient (Wildman–Crippen LogP) is 2.02. The van der Waals surface area contributed by atoms with Crippen molar-refractivity contribution < 1.29 is 22.4 Å². The maximum Gasteiger partial charge on any atom is 0.419 e. The standard InChI is InChI=1S/C12H12F4N2O/c13-10-2-1-7(5-9(10)12(14,15)16)11(19)18-4-3-8(17)6-18/h1-2,5,8H,3-4,6,17H2/t8-/m0/s1. The molecule has 0 saturated carbocycles. The molecule has 0 aromatic heterocycles. The number of benzene rings is 1. The van der Waals surface area contributed by atoms with Gasteiger partial charge < -0.3 is 10.6 Å². The minimum absolute atomic E-state index is 0.161. The molecule has 0 aliphatic carbocycles. The second-order valence-corrected chi connectivity index (χ2v) is 4.49. The van der Waals surface area contributed by atoms with E-state index in [0.29, 0.717) is 31.6 Å². The first kappa shape index (κ1) is 13.8. The molecular weight excluding hydrogens is 264 g/mol. The highest BCUT2D eigenvalue weighted by Gasteiger charge is 2.35. The lowest BCUT2D eigenvalue weighted by molar-refractivity contribution is -0.140. The molecular formula is C12H12F4N2O. The van der Waals surface area contributed by atoms with Crippen molar-refractivity contribution in [2.75, 3.05) is 13.1 Å². The lowest BCUT2D eigenvalue weighted by atomic mass is 10.1. The number of alkyl halides is 3. The molecule has 1 aromatic rings. The molecule has 3 nitrogen and oxygen atoms in total. The number of halogens is 4. The maximum absolute atomic E-state index is 13.1. The average molecular weight is 276 g/mol. The number of nitrogens with zero attached hydrogens (tertiary/aromatic N) is 1. The van der Waals surface area contributed by atoms with Crippen LogP contribution in [0.3, 0.4) is 0 Å². The van der Waals surface area contributed by atoms with Crippen molar-refractivity contribution in [1.82, 2.24) is 4.90 Å². The van der Waals surface area contributed by atoms with Gasteiger partial charge in [0.05, 0.1) is 5.56 Å². The van der Waals surface area contributed by atoms with Gasteiger partial charge in [0, 0.05) is 24.7 Å². The van der Waals surface area contributed by atoms with Gasteiger partial charge in [-0.15, -0.1) is 0 Å². The number of hydrogen-bond acceptors (Lipinski definition) is 2. The van der Waals surface area contributed by atoms with Crippen molar-refractivity contribution in [2.24, 2.45) is 5.73 Å². The van der Waals surface area contributed by atoms with E-state index < -0.39 is 23.5 Å². The Morgan fingerprint density at radius 2 is 2.05 bits per heavy atom. The van der Waals surface area contributed by atoms with Gasteiger partial charge in [0.25, 0.3) is 5.91 Å². The zero-order valence-electron chi connectivity index (χ0n) is 9.88. The predicted molar refractivity (Wildman–Crippen MR) is 59.9 cm³/mol. The van der Waals surface area contributed by atoms with E-state index in [0.717, 1.165) is 6.07 Å². The van der Waals surface area contributed by atoms with E-state index in [4.69, 9.17) is 5.73 Å². The highest BCUT2D eigenvalue weighted by atomic mass is 19.4. The number of nitrogens with two attached hydrogens (primary N) is 1. The molecule has 1 amide bonds. The van der Waals surface area contributed by atoms with Gasteiger partial charge in [0.15, 0.2) is 0 Å². The summed E-state index contributed by atoms with van der Waals surface area (Å²) in [5.74, 6) is -1.94. The third-order valence-electron chi connectivity index (χ3n) is 3.03. The molecule has 2 rings (SSSR count). The van der Waals surface area contributed by atoms with E-state index in [1.54, 1.807) is 0 Å². The molecule has 2 N–H and O–H groups in total. The molecule has 19 heavy (non-hydrogen) atoms. The molecule has 0 bridgehead atoms. The Kier molecular flexibility index (Phi) is 3.49. The Morgan fingerprint density at radius 1 is 1.37 bits per heavy atom. The van der Waals surface area contributed by atoms with Crippen LogP contribution in [0.4, 0.5) is 17.6 Å². The molecule has 0 radical (unpaired) electrons. The monoisotopic (exact) mass is 276 g/mol. The topological polar surface area (TPSA) is 46.3 Å². The van der Waals surface area contributed by atoms with Crippen LogP contribution in [0.15, 0.2) is 18.2 Å². The van der Waals surface area contributed by atoms with E-state index in [-0.39, 0.29) is 11.6 Å². The molecule has 1 heterocycles. The number of carbonyl (C=O) groups excluding carboxylic acids is 1. The van der Waals surface area contributed by atoms with Crippen LogP contribution >= 0.6 is 0 Å². The normalized spacial score (nSPS) is 19.8. The van der Waals surface area contributed by atoms with Gasteiger partial charge in [0.2, 0.25) is 0 Å². The Morgan fingerprint density at radius 3 is 2.58 bits per heavy atom. The third kappa shape index (κ3) is 2.86. The molecule has 1 aromatic carbocycles. The summed E-state index contributed by atoms with van der Waals surface area (Å²) in [6, 6.07) is 2.09. The first-order valence-corrected chi connectivity index (χ1v) is 5.70. The zero-order valence-corrected chi connectivity index (χ0v) is 9.88. The van der Waals surface area contributed by atoms with Crippen LogP contribution in [0.25, 0.3) is 0 Å². The summed E-state index contributed by atoms with van der Waals surface area (Å²) in [5, 5.41) is 0. The minimum Gasteiger partial charge on any atom is -0.337 e. The van der Waals surface area contributed by atoms with E-state index in [2.05, 4.69) is 0 Å². The maximum atomic E-state index is 13.1. The fourth-order valence-corrected chi connectivity index (χ4v) is 2.03. The first-order chi connectivity index (χ1) is 8.79. The summed E-state index contributed by atoms with van der Waals surface area (Å²) in [5.41, 5.74) is 4.02. The molecule has 1 atom stereocenters. The lowest BCUT2D eigenvalue weighted by Gasteiger charge is -2.17. The molecule has 1 fully saturated rings. The van der Waals surface area contributed by atoms with E-state index in [9.17, 15) is 22.4 Å². The number of likely N-dealkylation sites (tertiary alicyclic amines) is 1. The highest BCUT2D eigenvalue weighted by Crippen LogP contribution is 2.32. The van der Waals surface area contributed by atoms with Gasteiger partial charge in [-0.1, -0.05) is 0 Å². The van der Waals surface area contributed by atoms with Crippen LogP contribution in [0.1, 0.15) is 22.3 Å². The van der Waals surface area contributed by atoms with Crippen molar-refractivity contribution in [3.63, 3.8) is 0 Å². The van der Waals surface area contributed by atoms with Crippen LogP contribution in [0, 0.1) is 5.82 Å². The van der Waals surface area contributed by atoms with Gasteiger partial charge in [0.1, 0.15) is 5.82 Å². The van der Waals surface area contributed by atoms with Crippen molar-refractivity contribution in [3.8, 4) is 0 Å². The first-order valence-electron chi connectivity index (χ1n) is 5.70. The van der Waals surface area contributed by atoms with Crippen LogP contribution in [-0.4, -0.2) is 29.9 Å². The fourth-order valence-electron chi connectivity index (χ4n) is 2.03. The summed E-state index contributed by atoms with van der Waals surface area (Å²) in [4.78, 5) is 13.3. The van der Waals surface area contributed by atoms with Crippen LogP contribution in [0.5, 0.6) is 0 Å². The van der Waals surface area contributed by atoms with Crippen LogP contribution in [0.2, 0.25) is 0 Å². The fraction of sp³-hybridized carbons (Fsp3) is 0.417. The van der Waals surface area contributed by atoms with Gasteiger partial charge in [-0.3, -0.25) is 4.79 Å². The minimum atomic E-state index is -4.82. The number of amides is 1. The Hall–Kier alpha value is -1.63. The third-order valence-corrected chi connectivity index (χ3v) is 3.03. The number of carbonyl (C=O) groups is 1. The molecule has 104 valence electrons. The van der Waals surface area contributed by atoms with Gasteiger partial charge in [-0.25, -0.2) is 4.39 Å². The molecule has 0 unspecified atom stereocenters. The Bertz CT molecular complexity index is 501. The van der Waals surface area contributed by atoms with E-state index >= 15 is 0 Å². The molecule has 0 spiro atoms. The number of rotatable bonds is 1. The average Bonchev–Trinajstić information content (AvgIpc) is 2.74. The second kappa shape index (κ2) is 4.80. The summed E-state index contributed by atoms with van der Waals surface area (Å²) < 4.78 is 50.7. The van der Waals surface area contributed by atoms with Crippen LogP contribution in [-0.2, 0) is 6.18 Å². The summed E-state index contributed by atoms with van der Waals surface area (Å²) in [6.07, 6.45) is -4.21. The Balaban J connectivity index is 2.28.